The van der Waals surface area contributed by atoms with Crippen molar-refractivity contribution in [2.75, 3.05) is 13.2 Å². The van der Waals surface area contributed by atoms with E-state index in [2.05, 4.69) is 55.6 Å². The Balaban J connectivity index is 3.45. The van der Waals surface area contributed by atoms with E-state index in [0.717, 1.165) is 57.8 Å². The molecule has 3 N–H and O–H groups in total. The van der Waals surface area contributed by atoms with E-state index < -0.39 is 12.1 Å². The van der Waals surface area contributed by atoms with Crippen LogP contribution in [0.4, 0.5) is 0 Å². The molecule has 0 fully saturated rings. The van der Waals surface area contributed by atoms with Crippen LogP contribution in [0.25, 0.3) is 0 Å². The molecule has 0 spiro atoms. The molecule has 0 radical (unpaired) electrons. The van der Waals surface area contributed by atoms with Crippen LogP contribution in [0.3, 0.4) is 0 Å². The zero-order valence-electron chi connectivity index (χ0n) is 43.9. The smallest absolute Gasteiger partial charge is 0.305 e. The number of nitrogens with one attached hydrogen (secondary N) is 1. The number of aliphatic hydroxyl groups excluding tert-OH is 2. The van der Waals surface area contributed by atoms with Gasteiger partial charge in [-0.1, -0.05) is 242 Å². The van der Waals surface area contributed by atoms with Crippen LogP contribution < -0.4 is 5.32 Å². The molecular weight excluding hydrogens is 815 g/mol. The molecule has 2 unspecified atom stereocenters. The molecule has 1 amide bonds. The summed E-state index contributed by atoms with van der Waals surface area (Å²) in [6.45, 7) is 4.86. The van der Waals surface area contributed by atoms with Crippen LogP contribution >= 0.6 is 0 Å². The molecule has 0 aromatic rings. The molecular formula is C60H111NO5. The van der Waals surface area contributed by atoms with Crippen LogP contribution in [0.15, 0.2) is 48.6 Å². The van der Waals surface area contributed by atoms with Gasteiger partial charge in [0.1, 0.15) is 0 Å². The Hall–Kier alpha value is -2.18. The summed E-state index contributed by atoms with van der Waals surface area (Å²) in [6, 6.07) is -0.633. The first kappa shape index (κ1) is 63.8. The summed E-state index contributed by atoms with van der Waals surface area (Å²) in [6.07, 6.45) is 69.9. The highest BCUT2D eigenvalue weighted by molar-refractivity contribution is 5.76. The zero-order valence-corrected chi connectivity index (χ0v) is 43.9. The van der Waals surface area contributed by atoms with E-state index in [4.69, 9.17) is 4.74 Å². The van der Waals surface area contributed by atoms with Crippen molar-refractivity contribution in [2.24, 2.45) is 0 Å². The predicted octanol–water partition coefficient (Wildman–Crippen LogP) is 17.8. The number of esters is 1. The Bertz CT molecular complexity index is 1110. The van der Waals surface area contributed by atoms with Gasteiger partial charge in [-0.15, -0.1) is 0 Å². The Kier molecular flexibility index (Phi) is 53.6. The van der Waals surface area contributed by atoms with Gasteiger partial charge in [-0.2, -0.15) is 0 Å². The van der Waals surface area contributed by atoms with Crippen LogP contribution in [-0.2, 0) is 14.3 Å². The second kappa shape index (κ2) is 55.4. The summed E-state index contributed by atoms with van der Waals surface area (Å²) in [4.78, 5) is 24.5. The molecule has 6 heteroatoms. The van der Waals surface area contributed by atoms with Crippen molar-refractivity contribution in [3.63, 3.8) is 0 Å². The molecule has 0 aromatic carbocycles. The van der Waals surface area contributed by atoms with Crippen molar-refractivity contribution < 1.29 is 24.5 Å². The van der Waals surface area contributed by atoms with Gasteiger partial charge in [-0.05, 0) is 89.9 Å². The van der Waals surface area contributed by atoms with Crippen LogP contribution in [0, 0.1) is 0 Å². The van der Waals surface area contributed by atoms with Gasteiger partial charge in [0.05, 0.1) is 25.4 Å². The number of hydrogen-bond acceptors (Lipinski definition) is 5. The molecule has 0 saturated carbocycles. The van der Waals surface area contributed by atoms with Crippen molar-refractivity contribution in [3.8, 4) is 0 Å². The van der Waals surface area contributed by atoms with Gasteiger partial charge in [0.2, 0.25) is 5.91 Å². The second-order valence-electron chi connectivity index (χ2n) is 19.6. The third-order valence-corrected chi connectivity index (χ3v) is 13.1. The SMILES string of the molecule is CCCCCC/C=C\C/C=C\CCCCCCCC(=O)OCCCCCCCCCCCC/C=C\CCCCCCCCCC(=O)NC(CO)C(O)/C=C/CCCCCCCCCCCC. The minimum Gasteiger partial charge on any atom is -0.466 e. The van der Waals surface area contributed by atoms with Crippen molar-refractivity contribution in [2.45, 2.75) is 309 Å². The summed E-state index contributed by atoms with van der Waals surface area (Å²) >= 11 is 0. The first-order chi connectivity index (χ1) is 32.5. The lowest BCUT2D eigenvalue weighted by molar-refractivity contribution is -0.143. The molecule has 0 rings (SSSR count). The molecule has 0 bridgehead atoms. The van der Waals surface area contributed by atoms with E-state index in [1.807, 2.05) is 6.08 Å². The van der Waals surface area contributed by atoms with Gasteiger partial charge in [0.15, 0.2) is 0 Å². The quantitative estimate of drug-likeness (QED) is 0.0321. The molecule has 0 heterocycles. The summed E-state index contributed by atoms with van der Waals surface area (Å²) in [5, 5.41) is 23.0. The molecule has 66 heavy (non-hydrogen) atoms. The van der Waals surface area contributed by atoms with Crippen molar-refractivity contribution in [1.29, 1.82) is 0 Å². The van der Waals surface area contributed by atoms with E-state index in [9.17, 15) is 19.8 Å². The topological polar surface area (TPSA) is 95.9 Å². The van der Waals surface area contributed by atoms with Crippen LogP contribution in [0.5, 0.6) is 0 Å². The highest BCUT2D eigenvalue weighted by atomic mass is 16.5. The first-order valence-corrected chi connectivity index (χ1v) is 28.9. The molecule has 0 aliphatic rings. The number of allylic oxidation sites excluding steroid dienone is 7. The fourth-order valence-electron chi connectivity index (χ4n) is 8.60. The standard InChI is InChI=1S/C60H111NO5/c1-3-5-7-9-11-13-15-17-18-27-30-34-38-42-46-50-54-60(65)66-55-51-47-43-39-35-31-28-25-23-21-19-20-22-24-26-29-33-37-41-45-49-53-59(64)61-57(56-62)58(63)52-48-44-40-36-32-16-14-12-10-8-6-4-2/h13,15,18,20,22,27,48,52,57-58,62-63H,3-12,14,16-17,19,21,23-26,28-47,49-51,53-56H2,1-2H3,(H,61,64)/b15-13-,22-20-,27-18-,52-48+. The Morgan fingerprint density at radius 3 is 1.18 bits per heavy atom. The Morgan fingerprint density at radius 1 is 0.424 bits per heavy atom. The van der Waals surface area contributed by atoms with Crippen molar-refractivity contribution in [3.05, 3.63) is 48.6 Å². The maximum absolute atomic E-state index is 12.4. The second-order valence-corrected chi connectivity index (χ2v) is 19.6. The number of hydrogen-bond donors (Lipinski definition) is 3. The van der Waals surface area contributed by atoms with Crippen molar-refractivity contribution >= 4 is 11.9 Å². The summed E-state index contributed by atoms with van der Waals surface area (Å²) in [5.41, 5.74) is 0. The third kappa shape index (κ3) is 51.2. The monoisotopic (exact) mass is 926 g/mol. The van der Waals surface area contributed by atoms with Gasteiger partial charge in [0.25, 0.3) is 0 Å². The maximum atomic E-state index is 12.4. The maximum Gasteiger partial charge on any atom is 0.305 e. The lowest BCUT2D eigenvalue weighted by Crippen LogP contribution is -2.45. The largest absolute Gasteiger partial charge is 0.466 e. The van der Waals surface area contributed by atoms with Gasteiger partial charge in [0, 0.05) is 12.8 Å². The lowest BCUT2D eigenvalue weighted by Gasteiger charge is -2.20. The number of aliphatic hydroxyl groups is 2. The van der Waals surface area contributed by atoms with Gasteiger partial charge in [-0.25, -0.2) is 0 Å². The van der Waals surface area contributed by atoms with Crippen LogP contribution in [0.2, 0.25) is 0 Å². The number of amides is 1. The fourth-order valence-corrected chi connectivity index (χ4v) is 8.60. The highest BCUT2D eigenvalue weighted by Crippen LogP contribution is 2.15. The summed E-state index contributed by atoms with van der Waals surface area (Å²) < 4.78 is 5.47. The molecule has 0 aromatic heterocycles. The van der Waals surface area contributed by atoms with E-state index in [1.165, 1.54) is 212 Å². The minimum absolute atomic E-state index is 0.00653. The van der Waals surface area contributed by atoms with E-state index in [1.54, 1.807) is 6.08 Å². The Morgan fingerprint density at radius 2 is 0.758 bits per heavy atom. The first-order valence-electron chi connectivity index (χ1n) is 28.9. The minimum atomic E-state index is -0.849. The number of unbranched alkanes of at least 4 members (excludes halogenated alkanes) is 36. The molecule has 386 valence electrons. The number of carbonyl (C=O) groups is 2. The van der Waals surface area contributed by atoms with Gasteiger partial charge < -0.3 is 20.3 Å². The number of carbonyl (C=O) groups excluding carboxylic acids is 2. The third-order valence-electron chi connectivity index (χ3n) is 13.1. The fraction of sp³-hybridized carbons (Fsp3) is 0.833. The molecule has 2 atom stereocenters. The molecule has 0 saturated heterocycles. The van der Waals surface area contributed by atoms with Crippen molar-refractivity contribution in [1.82, 2.24) is 5.32 Å². The highest BCUT2D eigenvalue weighted by Gasteiger charge is 2.18. The zero-order chi connectivity index (χ0) is 47.9. The van der Waals surface area contributed by atoms with E-state index >= 15 is 0 Å². The summed E-state index contributed by atoms with van der Waals surface area (Å²) in [7, 11) is 0. The van der Waals surface area contributed by atoms with Gasteiger partial charge in [-0.3, -0.25) is 9.59 Å². The normalized spacial score (nSPS) is 13.0. The Labute approximate surface area is 410 Å². The average molecular weight is 927 g/mol. The van der Waals surface area contributed by atoms with Crippen LogP contribution in [0.1, 0.15) is 296 Å². The summed E-state index contributed by atoms with van der Waals surface area (Å²) in [5.74, 6) is -0.0839. The molecule has 0 aliphatic carbocycles. The number of ether oxygens (including phenoxy) is 1. The molecule has 0 aliphatic heterocycles. The van der Waals surface area contributed by atoms with Crippen LogP contribution in [-0.4, -0.2) is 47.4 Å². The lowest BCUT2D eigenvalue weighted by atomic mass is 10.0. The molecule has 6 nitrogen and oxygen atoms in total. The van der Waals surface area contributed by atoms with E-state index in [0.29, 0.717) is 19.4 Å². The van der Waals surface area contributed by atoms with E-state index in [-0.39, 0.29) is 18.5 Å². The van der Waals surface area contributed by atoms with Gasteiger partial charge >= 0.3 is 5.97 Å². The predicted molar refractivity (Wildman–Crippen MR) is 287 cm³/mol. The number of rotatable bonds is 53. The average Bonchev–Trinajstić information content (AvgIpc) is 3.32.